The summed E-state index contributed by atoms with van der Waals surface area (Å²) in [5.41, 5.74) is 1.06. The average molecular weight is 305 g/mol. The highest BCUT2D eigenvalue weighted by Gasteiger charge is 2.10. The zero-order valence-electron chi connectivity index (χ0n) is 11.4. The van der Waals surface area contributed by atoms with Gasteiger partial charge in [0.1, 0.15) is 5.01 Å². The van der Waals surface area contributed by atoms with Crippen LogP contribution < -0.4 is 0 Å². The number of benzene rings is 1. The van der Waals surface area contributed by atoms with E-state index in [2.05, 4.69) is 40.4 Å². The Balaban J connectivity index is 1.71. The molecule has 20 heavy (non-hydrogen) atoms. The number of thiazole rings is 1. The molecule has 0 radical (unpaired) electrons. The summed E-state index contributed by atoms with van der Waals surface area (Å²) in [6, 6.07) is 8.20. The Morgan fingerprint density at radius 3 is 2.95 bits per heavy atom. The molecule has 3 rings (SSSR count). The molecule has 0 saturated heterocycles. The minimum Gasteiger partial charge on any atom is -0.240 e. The summed E-state index contributed by atoms with van der Waals surface area (Å²) in [6.45, 7) is 5.16. The van der Waals surface area contributed by atoms with Gasteiger partial charge < -0.3 is 0 Å². The van der Waals surface area contributed by atoms with Crippen LogP contribution in [0, 0.1) is 5.92 Å². The molecule has 0 N–H and O–H groups in total. The monoisotopic (exact) mass is 305 g/mol. The van der Waals surface area contributed by atoms with Crippen LogP contribution in [-0.2, 0) is 12.3 Å². The van der Waals surface area contributed by atoms with Crippen LogP contribution >= 0.6 is 23.1 Å². The number of nitrogens with zero attached hydrogens (tertiary/aromatic N) is 5. The van der Waals surface area contributed by atoms with Gasteiger partial charge in [-0.05, 0) is 28.5 Å². The van der Waals surface area contributed by atoms with E-state index in [4.69, 9.17) is 0 Å². The Bertz CT molecular complexity index is 670. The van der Waals surface area contributed by atoms with Crippen molar-refractivity contribution < 1.29 is 0 Å². The number of hydrogen-bond acceptors (Lipinski definition) is 6. The molecule has 2 aromatic heterocycles. The van der Waals surface area contributed by atoms with Crippen molar-refractivity contribution in [3.63, 3.8) is 0 Å². The Morgan fingerprint density at radius 1 is 1.30 bits per heavy atom. The molecule has 0 aliphatic carbocycles. The van der Waals surface area contributed by atoms with Crippen LogP contribution in [0.4, 0.5) is 0 Å². The summed E-state index contributed by atoms with van der Waals surface area (Å²) in [4.78, 5) is 4.62. The van der Waals surface area contributed by atoms with Crippen molar-refractivity contribution in [1.82, 2.24) is 25.2 Å². The van der Waals surface area contributed by atoms with E-state index in [1.165, 1.54) is 4.70 Å². The second-order valence-corrected chi connectivity index (χ2v) is 6.96. The number of tetrazole rings is 1. The zero-order chi connectivity index (χ0) is 13.9. The van der Waals surface area contributed by atoms with Crippen molar-refractivity contribution in [3.8, 4) is 0 Å². The topological polar surface area (TPSA) is 56.5 Å². The van der Waals surface area contributed by atoms with Gasteiger partial charge >= 0.3 is 0 Å². The summed E-state index contributed by atoms with van der Waals surface area (Å²) < 4.78 is 3.09. The predicted molar refractivity (Wildman–Crippen MR) is 81.8 cm³/mol. The summed E-state index contributed by atoms with van der Waals surface area (Å²) in [7, 11) is 0. The van der Waals surface area contributed by atoms with Crippen molar-refractivity contribution in [2.24, 2.45) is 5.92 Å². The Kier molecular flexibility index (Phi) is 3.98. The molecule has 0 amide bonds. The van der Waals surface area contributed by atoms with E-state index < -0.39 is 0 Å². The molecule has 0 spiro atoms. The van der Waals surface area contributed by atoms with Gasteiger partial charge in [0, 0.05) is 6.54 Å². The lowest BCUT2D eigenvalue weighted by molar-refractivity contribution is 0.446. The third-order valence-corrected chi connectivity index (χ3v) is 4.89. The third kappa shape index (κ3) is 2.99. The summed E-state index contributed by atoms with van der Waals surface area (Å²) in [5, 5.41) is 13.8. The van der Waals surface area contributed by atoms with E-state index in [-0.39, 0.29) is 0 Å². The lowest BCUT2D eigenvalue weighted by Crippen LogP contribution is -2.07. The number of thioether (sulfide) groups is 1. The van der Waals surface area contributed by atoms with E-state index in [1.54, 1.807) is 23.1 Å². The Morgan fingerprint density at radius 2 is 2.15 bits per heavy atom. The number of hydrogen-bond donors (Lipinski definition) is 0. The van der Waals surface area contributed by atoms with Gasteiger partial charge in [-0.25, -0.2) is 9.67 Å². The maximum absolute atomic E-state index is 4.62. The molecule has 0 aliphatic heterocycles. The summed E-state index contributed by atoms with van der Waals surface area (Å²) in [6.07, 6.45) is 0. The number of rotatable bonds is 5. The fraction of sp³-hybridized carbons (Fsp3) is 0.385. The Labute approximate surface area is 125 Å². The molecule has 104 valence electrons. The van der Waals surface area contributed by atoms with Crippen LogP contribution in [0.25, 0.3) is 10.2 Å². The molecule has 5 nitrogen and oxygen atoms in total. The van der Waals surface area contributed by atoms with Gasteiger partial charge in [0.05, 0.1) is 16.0 Å². The highest BCUT2D eigenvalue weighted by molar-refractivity contribution is 7.98. The van der Waals surface area contributed by atoms with Crippen LogP contribution in [0.1, 0.15) is 18.9 Å². The van der Waals surface area contributed by atoms with E-state index in [0.29, 0.717) is 5.92 Å². The Hall–Kier alpha value is -1.47. The van der Waals surface area contributed by atoms with Crippen LogP contribution in [0.5, 0.6) is 0 Å². The lowest BCUT2D eigenvalue weighted by Gasteiger charge is -2.05. The van der Waals surface area contributed by atoms with Gasteiger partial charge in [-0.2, -0.15) is 0 Å². The van der Waals surface area contributed by atoms with Gasteiger partial charge in [-0.1, -0.05) is 37.7 Å². The van der Waals surface area contributed by atoms with Crippen molar-refractivity contribution in [2.45, 2.75) is 31.3 Å². The molecular formula is C13H15N5S2. The second kappa shape index (κ2) is 5.88. The molecule has 0 atom stereocenters. The van der Waals surface area contributed by atoms with Crippen molar-refractivity contribution in [1.29, 1.82) is 0 Å². The maximum Gasteiger partial charge on any atom is 0.209 e. The minimum absolute atomic E-state index is 0.528. The molecule has 7 heteroatoms. The number of aromatic nitrogens is 5. The first-order chi connectivity index (χ1) is 9.72. The van der Waals surface area contributed by atoms with Crippen molar-refractivity contribution in [2.75, 3.05) is 0 Å². The molecule has 0 aliphatic rings. The first kappa shape index (κ1) is 13.5. The lowest BCUT2D eigenvalue weighted by atomic mass is 10.2. The largest absolute Gasteiger partial charge is 0.240 e. The van der Waals surface area contributed by atoms with E-state index in [9.17, 15) is 0 Å². The molecule has 0 saturated carbocycles. The summed E-state index contributed by atoms with van der Waals surface area (Å²) >= 11 is 3.37. The van der Waals surface area contributed by atoms with Gasteiger partial charge in [0.25, 0.3) is 0 Å². The maximum atomic E-state index is 4.62. The fourth-order valence-electron chi connectivity index (χ4n) is 1.87. The van der Waals surface area contributed by atoms with Crippen LogP contribution in [-0.4, -0.2) is 25.2 Å². The number of fused-ring (bicyclic) bond motifs is 1. The van der Waals surface area contributed by atoms with Gasteiger partial charge in [-0.3, -0.25) is 0 Å². The summed E-state index contributed by atoms with van der Waals surface area (Å²) in [5.74, 6) is 1.33. The minimum atomic E-state index is 0.528. The van der Waals surface area contributed by atoms with Gasteiger partial charge in [0.15, 0.2) is 0 Å². The fourth-order valence-corrected chi connectivity index (χ4v) is 3.71. The van der Waals surface area contributed by atoms with Gasteiger partial charge in [0.2, 0.25) is 5.16 Å². The molecule has 0 unspecified atom stereocenters. The van der Waals surface area contributed by atoms with Crippen LogP contribution in [0.3, 0.4) is 0 Å². The highest BCUT2D eigenvalue weighted by Crippen LogP contribution is 2.27. The van der Waals surface area contributed by atoms with E-state index in [1.807, 2.05) is 22.9 Å². The number of para-hydroxylation sites is 1. The highest BCUT2D eigenvalue weighted by atomic mass is 32.2. The molecular weight excluding hydrogens is 290 g/mol. The predicted octanol–water partition coefficient (Wildman–Crippen LogP) is 3.23. The van der Waals surface area contributed by atoms with Crippen molar-refractivity contribution >= 4 is 33.3 Å². The molecule has 2 heterocycles. The standard InChI is InChI=1S/C13H15N5S2/c1-9(2)7-18-13(15-16-17-18)19-8-12-14-10-5-3-4-6-11(10)20-12/h3-6,9H,7-8H2,1-2H3. The van der Waals surface area contributed by atoms with E-state index in [0.717, 1.165) is 28.0 Å². The zero-order valence-corrected chi connectivity index (χ0v) is 13.0. The SMILES string of the molecule is CC(C)Cn1nnnc1SCc1nc2ccccc2s1. The van der Waals surface area contributed by atoms with Crippen LogP contribution in [0.15, 0.2) is 29.4 Å². The smallest absolute Gasteiger partial charge is 0.209 e. The quantitative estimate of drug-likeness (QED) is 0.677. The van der Waals surface area contributed by atoms with Crippen LogP contribution in [0.2, 0.25) is 0 Å². The third-order valence-electron chi connectivity index (χ3n) is 2.70. The molecule has 0 bridgehead atoms. The first-order valence-electron chi connectivity index (χ1n) is 6.46. The molecule has 0 fully saturated rings. The van der Waals surface area contributed by atoms with Crippen molar-refractivity contribution in [3.05, 3.63) is 29.3 Å². The molecule has 1 aromatic carbocycles. The normalized spacial score (nSPS) is 11.6. The van der Waals surface area contributed by atoms with Gasteiger partial charge in [-0.15, -0.1) is 16.4 Å². The average Bonchev–Trinajstić information content (AvgIpc) is 3.01. The van der Waals surface area contributed by atoms with E-state index >= 15 is 0 Å². The molecule has 3 aromatic rings. The second-order valence-electron chi connectivity index (χ2n) is 4.90. The first-order valence-corrected chi connectivity index (χ1v) is 8.26.